The molecule has 0 heterocycles. The normalized spacial score (nSPS) is 8.87. The van der Waals surface area contributed by atoms with E-state index >= 15 is 0 Å². The van der Waals surface area contributed by atoms with Crippen LogP contribution in [0.15, 0.2) is 24.3 Å². The van der Waals surface area contributed by atoms with Crippen LogP contribution in [-0.4, -0.2) is 10.9 Å². The van der Waals surface area contributed by atoms with Gasteiger partial charge in [-0.3, -0.25) is 0 Å². The third-order valence-corrected chi connectivity index (χ3v) is 1.97. The van der Waals surface area contributed by atoms with Crippen molar-refractivity contribution >= 4 is 35.6 Å². The number of anilines is 1. The molecule has 0 aliphatic rings. The average Bonchev–Trinajstić information content (AvgIpc) is 2.20. The van der Waals surface area contributed by atoms with Crippen LogP contribution in [0, 0.1) is 11.8 Å². The first-order valence-corrected chi connectivity index (χ1v) is 5.53. The van der Waals surface area contributed by atoms with Gasteiger partial charge in [-0.15, -0.1) is 0 Å². The Bertz CT molecular complexity index is 405. The van der Waals surface area contributed by atoms with E-state index < -0.39 is 0 Å². The van der Waals surface area contributed by atoms with Gasteiger partial charge >= 0.3 is 0 Å². The number of rotatable bonds is 2. The Morgan fingerprint density at radius 2 is 2.20 bits per heavy atom. The Labute approximate surface area is 101 Å². The van der Waals surface area contributed by atoms with Crippen LogP contribution in [0.5, 0.6) is 0 Å². The van der Waals surface area contributed by atoms with Crippen molar-refractivity contribution in [2.45, 2.75) is 6.42 Å². The highest BCUT2D eigenvalue weighted by Gasteiger charge is 1.97. The Kier molecular flexibility index (Phi) is 5.02. The molecule has 0 saturated heterocycles. The lowest BCUT2D eigenvalue weighted by atomic mass is 10.2. The third-order valence-electron chi connectivity index (χ3n) is 1.64. The number of thiocarbonyl (C=S) groups is 1. The second kappa shape index (κ2) is 6.33. The van der Waals surface area contributed by atoms with E-state index in [1.807, 2.05) is 24.3 Å². The highest BCUT2D eigenvalue weighted by molar-refractivity contribution is 7.80. The maximum Gasteiger partial charge on any atom is 0.168 e. The molecule has 0 saturated carbocycles. The van der Waals surface area contributed by atoms with E-state index in [0.717, 1.165) is 23.4 Å². The van der Waals surface area contributed by atoms with Crippen LogP contribution in [0.1, 0.15) is 12.0 Å². The average molecular weight is 236 g/mol. The van der Waals surface area contributed by atoms with Gasteiger partial charge in [-0.1, -0.05) is 24.0 Å². The topological polar surface area (TPSA) is 38.0 Å². The molecule has 0 amide bonds. The zero-order valence-electron chi connectivity index (χ0n) is 8.16. The highest BCUT2D eigenvalue weighted by atomic mass is 32.1. The number of nitrogens with two attached hydrogens (primary N) is 1. The second-order valence-corrected chi connectivity index (χ2v) is 3.70. The fraction of sp³-hybridized carbons (Fsp3) is 0.182. The smallest absolute Gasteiger partial charge is 0.168 e. The molecule has 0 aromatic heterocycles. The molecule has 0 aliphatic heterocycles. The third kappa shape index (κ3) is 4.24. The van der Waals surface area contributed by atoms with Crippen molar-refractivity contribution in [2.24, 2.45) is 5.73 Å². The van der Waals surface area contributed by atoms with Crippen LogP contribution in [0.25, 0.3) is 0 Å². The zero-order valence-corrected chi connectivity index (χ0v) is 9.87. The van der Waals surface area contributed by atoms with Crippen molar-refractivity contribution in [2.75, 3.05) is 11.1 Å². The molecule has 0 fully saturated rings. The summed E-state index contributed by atoms with van der Waals surface area (Å²) in [4.78, 5) is 0. The lowest BCUT2D eigenvalue weighted by molar-refractivity contribution is 1.31. The summed E-state index contributed by atoms with van der Waals surface area (Å²) in [5.41, 5.74) is 7.15. The number of para-hydroxylation sites is 1. The monoisotopic (exact) mass is 236 g/mol. The molecular weight excluding hydrogens is 224 g/mol. The molecule has 3 N–H and O–H groups in total. The van der Waals surface area contributed by atoms with Crippen molar-refractivity contribution in [3.63, 3.8) is 0 Å². The van der Waals surface area contributed by atoms with Crippen LogP contribution in [-0.2, 0) is 0 Å². The quantitative estimate of drug-likeness (QED) is 0.418. The first-order chi connectivity index (χ1) is 7.24. The summed E-state index contributed by atoms with van der Waals surface area (Å²) in [6.07, 6.45) is 0.768. The largest absolute Gasteiger partial charge is 0.376 e. The minimum atomic E-state index is 0.249. The predicted molar refractivity (Wildman–Crippen MR) is 72.2 cm³/mol. The van der Waals surface area contributed by atoms with Crippen molar-refractivity contribution < 1.29 is 0 Å². The maximum atomic E-state index is 5.41. The minimum Gasteiger partial charge on any atom is -0.376 e. The summed E-state index contributed by atoms with van der Waals surface area (Å²) < 4.78 is 0. The van der Waals surface area contributed by atoms with E-state index in [4.69, 9.17) is 18.0 Å². The number of hydrogen-bond donors (Lipinski definition) is 3. The summed E-state index contributed by atoms with van der Waals surface area (Å²) >= 11 is 8.87. The van der Waals surface area contributed by atoms with Crippen molar-refractivity contribution in [3.8, 4) is 11.8 Å². The first kappa shape index (κ1) is 11.9. The standard InChI is InChI=1S/C11H12N2S2/c12-11(15)13-10-7-2-1-5-9(10)6-3-4-8-14/h1-2,5,7,14H,4,8H2,(H3,12,13,15). The molecule has 1 aromatic carbocycles. The Morgan fingerprint density at radius 1 is 1.47 bits per heavy atom. The first-order valence-electron chi connectivity index (χ1n) is 4.49. The van der Waals surface area contributed by atoms with Gasteiger partial charge in [-0.25, -0.2) is 0 Å². The SMILES string of the molecule is NC(=S)Nc1ccccc1C#CCCS. The Hall–Kier alpha value is -1.18. The lowest BCUT2D eigenvalue weighted by Crippen LogP contribution is -2.19. The molecule has 78 valence electrons. The van der Waals surface area contributed by atoms with Crippen LogP contribution >= 0.6 is 24.8 Å². The molecule has 0 aliphatic carbocycles. The van der Waals surface area contributed by atoms with Crippen LogP contribution in [0.4, 0.5) is 5.69 Å². The number of thiol groups is 1. The van der Waals surface area contributed by atoms with Gasteiger partial charge in [-0.05, 0) is 24.4 Å². The molecule has 0 atom stereocenters. The van der Waals surface area contributed by atoms with E-state index in [1.54, 1.807) is 0 Å². The van der Waals surface area contributed by atoms with Crippen molar-refractivity contribution in [1.29, 1.82) is 0 Å². The number of benzene rings is 1. The maximum absolute atomic E-state index is 5.41. The van der Waals surface area contributed by atoms with E-state index in [0.29, 0.717) is 0 Å². The van der Waals surface area contributed by atoms with Gasteiger partial charge in [0.1, 0.15) is 0 Å². The summed E-state index contributed by atoms with van der Waals surface area (Å²) in [5.74, 6) is 6.82. The van der Waals surface area contributed by atoms with Gasteiger partial charge in [0.15, 0.2) is 5.11 Å². The summed E-state index contributed by atoms with van der Waals surface area (Å²) in [7, 11) is 0. The molecule has 0 bridgehead atoms. The Balaban J connectivity index is 2.87. The fourth-order valence-electron chi connectivity index (χ4n) is 1.05. The van der Waals surface area contributed by atoms with E-state index in [2.05, 4.69) is 29.8 Å². The molecule has 0 radical (unpaired) electrons. The van der Waals surface area contributed by atoms with Gasteiger partial charge in [0.05, 0.1) is 5.69 Å². The van der Waals surface area contributed by atoms with E-state index in [-0.39, 0.29) is 5.11 Å². The zero-order chi connectivity index (χ0) is 11.1. The lowest BCUT2D eigenvalue weighted by Gasteiger charge is -2.05. The molecule has 0 spiro atoms. The summed E-state index contributed by atoms with van der Waals surface area (Å²) in [6.45, 7) is 0. The predicted octanol–water partition coefficient (Wildman–Crippen LogP) is 2.01. The second-order valence-electron chi connectivity index (χ2n) is 2.81. The van der Waals surface area contributed by atoms with Gasteiger partial charge in [0, 0.05) is 17.7 Å². The molecule has 2 nitrogen and oxygen atoms in total. The highest BCUT2D eigenvalue weighted by Crippen LogP contribution is 2.13. The molecule has 1 aromatic rings. The minimum absolute atomic E-state index is 0.249. The van der Waals surface area contributed by atoms with Crippen LogP contribution in [0.3, 0.4) is 0 Å². The molecule has 15 heavy (non-hydrogen) atoms. The van der Waals surface area contributed by atoms with Gasteiger partial charge in [0.25, 0.3) is 0 Å². The van der Waals surface area contributed by atoms with Gasteiger partial charge in [0.2, 0.25) is 0 Å². The summed E-state index contributed by atoms with van der Waals surface area (Å²) in [5, 5.41) is 3.14. The summed E-state index contributed by atoms with van der Waals surface area (Å²) in [6, 6.07) is 7.65. The van der Waals surface area contributed by atoms with Gasteiger partial charge < -0.3 is 11.1 Å². The number of nitrogens with one attached hydrogen (secondary N) is 1. The molecule has 0 unspecified atom stereocenters. The van der Waals surface area contributed by atoms with Gasteiger partial charge in [-0.2, -0.15) is 12.6 Å². The van der Waals surface area contributed by atoms with Crippen LogP contribution in [0.2, 0.25) is 0 Å². The number of hydrogen-bond acceptors (Lipinski definition) is 2. The van der Waals surface area contributed by atoms with E-state index in [1.165, 1.54) is 0 Å². The molecule has 4 heteroatoms. The van der Waals surface area contributed by atoms with Crippen molar-refractivity contribution in [1.82, 2.24) is 0 Å². The Morgan fingerprint density at radius 3 is 2.87 bits per heavy atom. The fourth-order valence-corrected chi connectivity index (χ4v) is 1.27. The van der Waals surface area contributed by atoms with E-state index in [9.17, 15) is 0 Å². The van der Waals surface area contributed by atoms with Crippen molar-refractivity contribution in [3.05, 3.63) is 29.8 Å². The van der Waals surface area contributed by atoms with Crippen LogP contribution < -0.4 is 11.1 Å². The molecular formula is C11H12N2S2. The molecule has 1 rings (SSSR count).